The van der Waals surface area contributed by atoms with E-state index in [1.807, 2.05) is 19.1 Å². The van der Waals surface area contributed by atoms with Gasteiger partial charge >= 0.3 is 0 Å². The summed E-state index contributed by atoms with van der Waals surface area (Å²) in [5, 5.41) is 3.08. The number of nitrogens with zero attached hydrogens (tertiary/aromatic N) is 1. The highest BCUT2D eigenvalue weighted by Crippen LogP contribution is 2.18. The van der Waals surface area contributed by atoms with E-state index in [0.29, 0.717) is 6.54 Å². The number of hydrogen-bond donors (Lipinski definition) is 1. The average molecular weight is 258 g/mol. The summed E-state index contributed by atoms with van der Waals surface area (Å²) in [6.45, 7) is 10.4. The van der Waals surface area contributed by atoms with Crippen LogP contribution in [-0.4, -0.2) is 20.4 Å². The molecule has 4 heteroatoms. The van der Waals surface area contributed by atoms with E-state index in [0.717, 1.165) is 11.4 Å². The second kappa shape index (κ2) is 7.02. The lowest BCUT2D eigenvalue weighted by atomic mass is 9.95. The molecule has 0 saturated heterocycles. The highest BCUT2D eigenvalue weighted by atomic mass is 19.1. The second-order valence-corrected chi connectivity index (χ2v) is 4.59. The molecule has 1 aromatic carbocycles. The first-order valence-corrected chi connectivity index (χ1v) is 6.33. The van der Waals surface area contributed by atoms with Gasteiger partial charge in [-0.25, -0.2) is 4.39 Å². The Kier molecular flexibility index (Phi) is 5.68. The van der Waals surface area contributed by atoms with Crippen LogP contribution in [0, 0.1) is 5.82 Å². The molecule has 100 valence electrons. The summed E-state index contributed by atoms with van der Waals surface area (Å²) >= 11 is 0. The molecule has 0 amide bonds. The third-order valence-electron chi connectivity index (χ3n) is 2.92. The summed E-state index contributed by atoms with van der Waals surface area (Å²) in [4.78, 5) is 2.09. The van der Waals surface area contributed by atoms with Gasteiger partial charge in [-0.2, -0.15) is 0 Å². The van der Waals surface area contributed by atoms with E-state index in [1.54, 1.807) is 12.3 Å². The highest BCUT2D eigenvalue weighted by molar-refractivity contribution is 6.32. The lowest BCUT2D eigenvalue weighted by Crippen LogP contribution is -2.35. The summed E-state index contributed by atoms with van der Waals surface area (Å²) in [6.07, 6.45) is 3.61. The fraction of sp³-hybridized carbons (Fsp3) is 0.333. The molecule has 0 spiro atoms. The lowest BCUT2D eigenvalue weighted by Gasteiger charge is -2.30. The molecule has 0 aromatic heterocycles. The van der Waals surface area contributed by atoms with Crippen LogP contribution in [0.5, 0.6) is 0 Å². The van der Waals surface area contributed by atoms with Crippen LogP contribution >= 0.6 is 0 Å². The van der Waals surface area contributed by atoms with E-state index in [1.165, 1.54) is 6.07 Å². The van der Waals surface area contributed by atoms with Crippen molar-refractivity contribution in [3.8, 4) is 0 Å². The molecule has 0 unspecified atom stereocenters. The molecule has 0 aliphatic carbocycles. The van der Waals surface area contributed by atoms with Gasteiger partial charge in [-0.3, -0.25) is 0 Å². The van der Waals surface area contributed by atoms with E-state index in [9.17, 15) is 4.39 Å². The average Bonchev–Trinajstić information content (AvgIpc) is 2.37. The molecule has 0 bridgehead atoms. The number of hydrogen-bond acceptors (Lipinski definition) is 2. The zero-order valence-electron chi connectivity index (χ0n) is 11.8. The lowest BCUT2D eigenvalue weighted by molar-refractivity contribution is 0.631. The predicted octanol–water partition coefficient (Wildman–Crippen LogP) is 2.47. The molecular formula is C15H20BFN2. The van der Waals surface area contributed by atoms with Crippen molar-refractivity contribution in [3.63, 3.8) is 0 Å². The molecule has 19 heavy (non-hydrogen) atoms. The zero-order valence-corrected chi connectivity index (χ0v) is 11.8. The zero-order chi connectivity index (χ0) is 14.4. The van der Waals surface area contributed by atoms with E-state index >= 15 is 0 Å². The Morgan fingerprint density at radius 3 is 2.68 bits per heavy atom. The molecule has 2 nitrogen and oxygen atoms in total. The first-order chi connectivity index (χ1) is 8.99. The molecule has 0 atom stereocenters. The van der Waals surface area contributed by atoms with Crippen LogP contribution in [0.15, 0.2) is 42.8 Å². The molecule has 1 aromatic rings. The van der Waals surface area contributed by atoms with Gasteiger partial charge < -0.3 is 10.2 Å². The molecular weight excluding hydrogens is 238 g/mol. The number of benzene rings is 1. The summed E-state index contributed by atoms with van der Waals surface area (Å²) < 4.78 is 13.6. The van der Waals surface area contributed by atoms with Gasteiger partial charge in [0.2, 0.25) is 0 Å². The number of halogens is 1. The third-order valence-corrected chi connectivity index (χ3v) is 2.92. The molecule has 0 aliphatic heterocycles. The Morgan fingerprint density at radius 1 is 1.53 bits per heavy atom. The van der Waals surface area contributed by atoms with E-state index in [2.05, 4.69) is 30.6 Å². The maximum atomic E-state index is 13.6. The van der Waals surface area contributed by atoms with Crippen molar-refractivity contribution in [3.05, 3.63) is 48.6 Å². The Morgan fingerprint density at radius 2 is 2.21 bits per heavy atom. The number of nitrogens with one attached hydrogen (secondary N) is 1. The summed E-state index contributed by atoms with van der Waals surface area (Å²) in [7, 11) is 5.51. The highest BCUT2D eigenvalue weighted by Gasteiger charge is 2.13. The molecule has 1 rings (SSSR count). The van der Waals surface area contributed by atoms with Gasteiger partial charge in [-0.15, -0.1) is 0 Å². The van der Waals surface area contributed by atoms with Crippen LogP contribution in [0.4, 0.5) is 10.1 Å². The standard InChI is InChI=1S/C15H20BFN2/c1-5-12(18-6-2)10-19(11(3)4)13-7-8-14(16)15(17)9-13/h5-9,11,18H,2,10H2,1,3-4H3/b12-5-. The molecule has 0 aliphatic rings. The first-order valence-electron chi connectivity index (χ1n) is 6.33. The Labute approximate surface area is 116 Å². The third kappa shape index (κ3) is 4.16. The smallest absolute Gasteiger partial charge is 0.118 e. The van der Waals surface area contributed by atoms with Crippen LogP contribution in [0.25, 0.3) is 0 Å². The van der Waals surface area contributed by atoms with Crippen LogP contribution in [-0.2, 0) is 0 Å². The minimum atomic E-state index is -0.387. The number of allylic oxidation sites excluding steroid dienone is 1. The van der Waals surface area contributed by atoms with Crippen LogP contribution in [0.1, 0.15) is 20.8 Å². The van der Waals surface area contributed by atoms with Crippen molar-refractivity contribution in [2.75, 3.05) is 11.4 Å². The molecule has 0 fully saturated rings. The Balaban J connectivity index is 3.00. The van der Waals surface area contributed by atoms with Crippen molar-refractivity contribution in [1.82, 2.24) is 5.32 Å². The Bertz CT molecular complexity index is 469. The van der Waals surface area contributed by atoms with Crippen LogP contribution in [0.3, 0.4) is 0 Å². The van der Waals surface area contributed by atoms with Gasteiger partial charge in [0.1, 0.15) is 13.7 Å². The largest absolute Gasteiger partial charge is 0.364 e. The number of anilines is 1. The minimum Gasteiger partial charge on any atom is -0.364 e. The summed E-state index contributed by atoms with van der Waals surface area (Å²) in [6, 6.07) is 5.14. The maximum Gasteiger partial charge on any atom is 0.118 e. The van der Waals surface area contributed by atoms with Crippen molar-refractivity contribution >= 4 is 19.0 Å². The van der Waals surface area contributed by atoms with E-state index in [4.69, 9.17) is 7.85 Å². The monoisotopic (exact) mass is 258 g/mol. The van der Waals surface area contributed by atoms with Crippen molar-refractivity contribution in [2.45, 2.75) is 26.8 Å². The van der Waals surface area contributed by atoms with Gasteiger partial charge in [0, 0.05) is 17.4 Å². The van der Waals surface area contributed by atoms with Gasteiger partial charge in [0.25, 0.3) is 0 Å². The van der Waals surface area contributed by atoms with Crippen molar-refractivity contribution in [2.24, 2.45) is 0 Å². The molecule has 1 N–H and O–H groups in total. The van der Waals surface area contributed by atoms with Crippen LogP contribution in [0.2, 0.25) is 0 Å². The fourth-order valence-electron chi connectivity index (χ4n) is 1.80. The predicted molar refractivity (Wildman–Crippen MR) is 81.4 cm³/mol. The van der Waals surface area contributed by atoms with Gasteiger partial charge in [-0.05, 0) is 39.1 Å². The van der Waals surface area contributed by atoms with Gasteiger partial charge in [0.15, 0.2) is 0 Å². The second-order valence-electron chi connectivity index (χ2n) is 4.59. The molecule has 0 heterocycles. The maximum absolute atomic E-state index is 13.6. The van der Waals surface area contributed by atoms with Crippen molar-refractivity contribution in [1.29, 1.82) is 0 Å². The quantitative estimate of drug-likeness (QED) is 0.788. The normalized spacial score (nSPS) is 11.5. The van der Waals surface area contributed by atoms with Gasteiger partial charge in [-0.1, -0.05) is 24.2 Å². The molecule has 2 radical (unpaired) electrons. The van der Waals surface area contributed by atoms with Crippen LogP contribution < -0.4 is 15.7 Å². The summed E-state index contributed by atoms with van der Waals surface area (Å²) in [5.41, 5.74) is 2.00. The Hall–Kier alpha value is -1.71. The topological polar surface area (TPSA) is 15.3 Å². The molecule has 0 saturated carbocycles. The van der Waals surface area contributed by atoms with Crippen molar-refractivity contribution < 1.29 is 4.39 Å². The van der Waals surface area contributed by atoms with Gasteiger partial charge in [0.05, 0.1) is 6.54 Å². The minimum absolute atomic E-state index is 0.169. The SMILES string of the molecule is [B]c1ccc(N(C/C(=C/C)NC=C)C(C)C)cc1F. The fourth-order valence-corrected chi connectivity index (χ4v) is 1.80. The summed E-state index contributed by atoms with van der Waals surface area (Å²) in [5.74, 6) is -0.387. The van der Waals surface area contributed by atoms with E-state index in [-0.39, 0.29) is 17.3 Å². The first kappa shape index (κ1) is 15.4. The van der Waals surface area contributed by atoms with E-state index < -0.39 is 0 Å². The number of rotatable bonds is 6.